The zero-order chi connectivity index (χ0) is 22.4. The molecular formula is C24H17FN2O5. The molecule has 5 rings (SSSR count). The van der Waals surface area contributed by atoms with Gasteiger partial charge in [-0.25, -0.2) is 19.1 Å². The van der Waals surface area contributed by atoms with Crippen LogP contribution in [0.25, 0.3) is 0 Å². The summed E-state index contributed by atoms with van der Waals surface area (Å²) in [5.74, 6) is -3.71. The second-order valence-corrected chi connectivity index (χ2v) is 7.54. The van der Waals surface area contributed by atoms with Crippen LogP contribution >= 0.6 is 0 Å². The maximum atomic E-state index is 14.8. The average Bonchev–Trinajstić information content (AvgIpc) is 3.31. The molecule has 0 aromatic heterocycles. The lowest BCUT2D eigenvalue weighted by Gasteiger charge is -2.29. The van der Waals surface area contributed by atoms with Crippen molar-refractivity contribution in [3.63, 3.8) is 0 Å². The molecule has 2 fully saturated rings. The minimum Gasteiger partial charge on any atom is -0.478 e. The predicted molar refractivity (Wildman–Crippen MR) is 112 cm³/mol. The summed E-state index contributed by atoms with van der Waals surface area (Å²) >= 11 is 0. The van der Waals surface area contributed by atoms with Gasteiger partial charge in [0, 0.05) is 5.56 Å². The fourth-order valence-electron chi connectivity index (χ4n) is 4.25. The fourth-order valence-corrected chi connectivity index (χ4v) is 4.25. The Balaban J connectivity index is 1.57. The quantitative estimate of drug-likeness (QED) is 0.635. The van der Waals surface area contributed by atoms with E-state index in [4.69, 9.17) is 9.94 Å². The highest BCUT2D eigenvalue weighted by Crippen LogP contribution is 2.48. The summed E-state index contributed by atoms with van der Waals surface area (Å²) in [6.07, 6.45) is -1.13. The van der Waals surface area contributed by atoms with Crippen molar-refractivity contribution < 1.29 is 28.7 Å². The molecule has 1 N–H and O–H groups in total. The number of hydroxylamine groups is 1. The molecule has 3 aromatic rings. The Labute approximate surface area is 182 Å². The average molecular weight is 432 g/mol. The Kier molecular flexibility index (Phi) is 4.71. The van der Waals surface area contributed by atoms with Crippen molar-refractivity contribution >= 4 is 29.2 Å². The monoisotopic (exact) mass is 432 g/mol. The van der Waals surface area contributed by atoms with Crippen molar-refractivity contribution in [2.24, 2.45) is 5.92 Å². The van der Waals surface area contributed by atoms with Gasteiger partial charge in [-0.1, -0.05) is 36.4 Å². The Hall–Kier alpha value is -4.04. The minimum absolute atomic E-state index is 0.0313. The van der Waals surface area contributed by atoms with Crippen LogP contribution in [-0.4, -0.2) is 29.0 Å². The molecule has 2 saturated heterocycles. The number of rotatable bonds is 4. The van der Waals surface area contributed by atoms with Gasteiger partial charge in [-0.3, -0.25) is 14.4 Å². The number of aromatic carboxylic acids is 1. The second-order valence-electron chi connectivity index (χ2n) is 7.54. The normalized spacial score (nSPS) is 22.3. The molecule has 0 saturated carbocycles. The standard InChI is InChI=1S/C24H17FN2O5/c25-18-9-5-4-8-17(18)20-19-21(32-27(20)16-6-2-1-3-7-16)23(29)26(22(19)28)15-12-10-14(11-13-15)24(30)31/h1-13,19-21H,(H,30,31)/t19-,20+,21+/m0/s1. The lowest BCUT2D eigenvalue weighted by molar-refractivity contribution is -0.126. The first-order valence-electron chi connectivity index (χ1n) is 9.94. The maximum Gasteiger partial charge on any atom is 0.335 e. The summed E-state index contributed by atoms with van der Waals surface area (Å²) in [6, 6.07) is 19.6. The maximum absolute atomic E-state index is 14.8. The minimum atomic E-state index is -1.13. The third kappa shape index (κ3) is 3.04. The van der Waals surface area contributed by atoms with Crippen LogP contribution in [0.2, 0.25) is 0 Å². The summed E-state index contributed by atoms with van der Waals surface area (Å²) in [7, 11) is 0. The van der Waals surface area contributed by atoms with E-state index in [1.54, 1.807) is 42.5 Å². The van der Waals surface area contributed by atoms with Crippen LogP contribution < -0.4 is 9.96 Å². The number of halogens is 1. The molecule has 160 valence electrons. The van der Waals surface area contributed by atoms with Crippen LogP contribution in [0.15, 0.2) is 78.9 Å². The van der Waals surface area contributed by atoms with Crippen molar-refractivity contribution in [2.75, 3.05) is 9.96 Å². The van der Waals surface area contributed by atoms with E-state index in [-0.39, 0.29) is 16.8 Å². The number of hydrogen-bond acceptors (Lipinski definition) is 5. The smallest absolute Gasteiger partial charge is 0.335 e. The van der Waals surface area contributed by atoms with E-state index in [2.05, 4.69) is 0 Å². The number of carboxylic acids is 1. The highest BCUT2D eigenvalue weighted by atomic mass is 19.1. The predicted octanol–water partition coefficient (Wildman–Crippen LogP) is 3.58. The molecule has 8 heteroatoms. The van der Waals surface area contributed by atoms with Crippen LogP contribution in [0.5, 0.6) is 0 Å². The summed E-state index contributed by atoms with van der Waals surface area (Å²) in [5.41, 5.74) is 1.10. The molecule has 2 aliphatic heterocycles. The van der Waals surface area contributed by atoms with E-state index in [1.165, 1.54) is 35.4 Å². The fraction of sp³-hybridized carbons (Fsp3) is 0.125. The van der Waals surface area contributed by atoms with Crippen molar-refractivity contribution in [2.45, 2.75) is 12.1 Å². The topological polar surface area (TPSA) is 87.2 Å². The molecule has 0 unspecified atom stereocenters. The van der Waals surface area contributed by atoms with Gasteiger partial charge in [0.15, 0.2) is 6.10 Å². The molecule has 3 aromatic carbocycles. The van der Waals surface area contributed by atoms with Gasteiger partial charge in [-0.15, -0.1) is 0 Å². The van der Waals surface area contributed by atoms with Gasteiger partial charge in [0.25, 0.3) is 5.91 Å². The zero-order valence-corrected chi connectivity index (χ0v) is 16.6. The summed E-state index contributed by atoms with van der Waals surface area (Å²) in [4.78, 5) is 44.7. The lowest BCUT2D eigenvalue weighted by atomic mass is 9.90. The molecule has 0 bridgehead atoms. The van der Waals surface area contributed by atoms with Crippen LogP contribution in [0, 0.1) is 11.7 Å². The Morgan fingerprint density at radius 1 is 0.844 bits per heavy atom. The molecule has 3 atom stereocenters. The Morgan fingerprint density at radius 2 is 1.50 bits per heavy atom. The lowest BCUT2D eigenvalue weighted by Crippen LogP contribution is -2.37. The number of hydrogen-bond donors (Lipinski definition) is 1. The number of nitrogens with zero attached hydrogens (tertiary/aromatic N) is 2. The van der Waals surface area contributed by atoms with Gasteiger partial charge in [-0.05, 0) is 42.5 Å². The molecule has 0 spiro atoms. The first-order valence-corrected chi connectivity index (χ1v) is 9.94. The van der Waals surface area contributed by atoms with Crippen LogP contribution in [0.3, 0.4) is 0 Å². The first-order chi connectivity index (χ1) is 15.5. The van der Waals surface area contributed by atoms with Gasteiger partial charge in [-0.2, -0.15) is 0 Å². The van der Waals surface area contributed by atoms with E-state index >= 15 is 0 Å². The number of imide groups is 1. The molecule has 0 radical (unpaired) electrons. The van der Waals surface area contributed by atoms with E-state index in [1.807, 2.05) is 6.07 Å². The number of benzene rings is 3. The number of amides is 2. The highest BCUT2D eigenvalue weighted by Gasteiger charge is 2.60. The first kappa shape index (κ1) is 19.9. The molecule has 7 nitrogen and oxygen atoms in total. The summed E-state index contributed by atoms with van der Waals surface area (Å²) in [6.45, 7) is 0. The van der Waals surface area contributed by atoms with Crippen molar-refractivity contribution in [1.82, 2.24) is 0 Å². The van der Waals surface area contributed by atoms with Crippen molar-refractivity contribution in [3.8, 4) is 0 Å². The number of carbonyl (C=O) groups is 3. The summed E-state index contributed by atoms with van der Waals surface area (Å²) in [5, 5.41) is 10.5. The van der Waals surface area contributed by atoms with Gasteiger partial charge in [0.1, 0.15) is 11.7 Å². The van der Waals surface area contributed by atoms with Crippen molar-refractivity contribution in [3.05, 3.63) is 95.8 Å². The van der Waals surface area contributed by atoms with E-state index < -0.39 is 41.7 Å². The van der Waals surface area contributed by atoms with Crippen LogP contribution in [-0.2, 0) is 14.4 Å². The molecule has 32 heavy (non-hydrogen) atoms. The molecule has 2 amide bonds. The Morgan fingerprint density at radius 3 is 2.16 bits per heavy atom. The van der Waals surface area contributed by atoms with Gasteiger partial charge < -0.3 is 5.11 Å². The van der Waals surface area contributed by atoms with Crippen molar-refractivity contribution in [1.29, 1.82) is 0 Å². The largest absolute Gasteiger partial charge is 0.478 e. The van der Waals surface area contributed by atoms with Crippen LogP contribution in [0.4, 0.5) is 15.8 Å². The number of fused-ring (bicyclic) bond motifs is 1. The third-order valence-electron chi connectivity index (χ3n) is 5.72. The van der Waals surface area contributed by atoms with E-state index in [0.717, 1.165) is 4.90 Å². The van der Waals surface area contributed by atoms with Crippen LogP contribution in [0.1, 0.15) is 22.0 Å². The van der Waals surface area contributed by atoms with Gasteiger partial charge in [0.05, 0.1) is 23.0 Å². The Bertz CT molecular complexity index is 1210. The number of anilines is 2. The molecular weight excluding hydrogens is 415 g/mol. The third-order valence-corrected chi connectivity index (χ3v) is 5.72. The summed E-state index contributed by atoms with van der Waals surface area (Å²) < 4.78 is 14.8. The molecule has 0 aliphatic carbocycles. The highest BCUT2D eigenvalue weighted by molar-refractivity contribution is 6.24. The van der Waals surface area contributed by atoms with E-state index in [0.29, 0.717) is 5.69 Å². The van der Waals surface area contributed by atoms with Gasteiger partial charge >= 0.3 is 5.97 Å². The number of carboxylic acid groups (broad SMARTS) is 1. The second kappa shape index (κ2) is 7.58. The molecule has 2 heterocycles. The van der Waals surface area contributed by atoms with Gasteiger partial charge in [0.2, 0.25) is 5.91 Å². The molecule has 2 aliphatic rings. The number of carbonyl (C=O) groups excluding carboxylic acids is 2. The zero-order valence-electron chi connectivity index (χ0n) is 16.6. The number of para-hydroxylation sites is 1. The SMILES string of the molecule is O=C(O)c1ccc(N2C(=O)[C@H]3[C@@H](c4ccccc4F)N(c4ccccc4)O[C@H]3C2=O)cc1. The van der Waals surface area contributed by atoms with E-state index in [9.17, 15) is 18.8 Å².